The monoisotopic (exact) mass is 332 g/mol. The lowest BCUT2D eigenvalue weighted by atomic mass is 9.99. The number of hydrogen-bond donors (Lipinski definition) is 2. The van der Waals surface area contributed by atoms with Crippen molar-refractivity contribution < 1.29 is 8.42 Å². The van der Waals surface area contributed by atoms with Gasteiger partial charge in [-0.25, -0.2) is 13.1 Å². The van der Waals surface area contributed by atoms with Crippen LogP contribution in [0.4, 0.5) is 0 Å². The topological polar surface area (TPSA) is 58.2 Å². The molecule has 0 bridgehead atoms. The predicted octanol–water partition coefficient (Wildman–Crippen LogP) is 2.86. The Balaban J connectivity index is 2.53. The maximum atomic E-state index is 12.2. The van der Waals surface area contributed by atoms with E-state index in [1.54, 1.807) is 6.07 Å². The van der Waals surface area contributed by atoms with Crippen molar-refractivity contribution in [2.75, 3.05) is 19.6 Å². The molecule has 0 saturated heterocycles. The Morgan fingerprint density at radius 2 is 1.90 bits per heavy atom. The first-order valence-electron chi connectivity index (χ1n) is 7.66. The van der Waals surface area contributed by atoms with Crippen molar-refractivity contribution in [3.05, 3.63) is 17.0 Å². The molecule has 0 saturated carbocycles. The number of thiophene rings is 1. The fourth-order valence-electron chi connectivity index (χ4n) is 1.70. The zero-order chi connectivity index (χ0) is 15.9. The molecule has 0 aliphatic rings. The van der Waals surface area contributed by atoms with Crippen LogP contribution in [0, 0.1) is 11.8 Å². The van der Waals surface area contributed by atoms with Gasteiger partial charge in [-0.2, -0.15) is 0 Å². The molecule has 1 aromatic heterocycles. The summed E-state index contributed by atoms with van der Waals surface area (Å²) < 4.78 is 27.6. The molecule has 2 N–H and O–H groups in total. The number of hydrogen-bond acceptors (Lipinski definition) is 4. The van der Waals surface area contributed by atoms with E-state index in [2.05, 4.69) is 37.7 Å². The van der Waals surface area contributed by atoms with Crippen LogP contribution in [0.25, 0.3) is 0 Å². The van der Waals surface area contributed by atoms with E-state index in [1.165, 1.54) is 11.3 Å². The quantitative estimate of drug-likeness (QED) is 0.648. The van der Waals surface area contributed by atoms with E-state index >= 15 is 0 Å². The minimum atomic E-state index is -3.36. The minimum Gasteiger partial charge on any atom is -0.316 e. The smallest absolute Gasteiger partial charge is 0.250 e. The van der Waals surface area contributed by atoms with Crippen LogP contribution in [-0.2, 0) is 16.4 Å². The van der Waals surface area contributed by atoms with Crippen molar-refractivity contribution in [3.8, 4) is 0 Å². The highest BCUT2D eigenvalue weighted by Crippen LogP contribution is 2.22. The molecule has 0 fully saturated rings. The van der Waals surface area contributed by atoms with Crippen LogP contribution in [0.2, 0.25) is 0 Å². The molecule has 1 unspecified atom stereocenters. The molecule has 0 spiro atoms. The molecule has 0 amide bonds. The van der Waals surface area contributed by atoms with Crippen molar-refractivity contribution in [2.24, 2.45) is 11.8 Å². The van der Waals surface area contributed by atoms with Gasteiger partial charge in [-0.05, 0) is 49.9 Å². The molecule has 0 aromatic carbocycles. The van der Waals surface area contributed by atoms with Gasteiger partial charge in [0.15, 0.2) is 0 Å². The van der Waals surface area contributed by atoms with E-state index in [9.17, 15) is 8.42 Å². The van der Waals surface area contributed by atoms with E-state index in [4.69, 9.17) is 0 Å². The van der Waals surface area contributed by atoms with E-state index < -0.39 is 10.0 Å². The zero-order valence-electron chi connectivity index (χ0n) is 13.5. The van der Waals surface area contributed by atoms with Gasteiger partial charge >= 0.3 is 0 Å². The summed E-state index contributed by atoms with van der Waals surface area (Å²) in [4.78, 5) is 1.11. The van der Waals surface area contributed by atoms with Gasteiger partial charge in [0.1, 0.15) is 4.21 Å². The second kappa shape index (κ2) is 8.88. The summed E-state index contributed by atoms with van der Waals surface area (Å²) in [6.07, 6.45) is 1.99. The highest BCUT2D eigenvalue weighted by molar-refractivity contribution is 7.91. The fourth-order valence-corrected chi connectivity index (χ4v) is 4.24. The summed E-state index contributed by atoms with van der Waals surface area (Å²) in [5.41, 5.74) is 0. The fraction of sp³-hybridized carbons (Fsp3) is 0.733. The van der Waals surface area contributed by atoms with Gasteiger partial charge in [-0.3, -0.25) is 0 Å². The highest BCUT2D eigenvalue weighted by Gasteiger charge is 2.18. The lowest BCUT2D eigenvalue weighted by Gasteiger charge is -2.15. The summed E-state index contributed by atoms with van der Waals surface area (Å²) in [5, 5.41) is 3.33. The van der Waals surface area contributed by atoms with E-state index in [1.807, 2.05) is 6.07 Å². The average molecular weight is 333 g/mol. The molecule has 0 aliphatic heterocycles. The largest absolute Gasteiger partial charge is 0.316 e. The van der Waals surface area contributed by atoms with Crippen molar-refractivity contribution in [1.29, 1.82) is 0 Å². The summed E-state index contributed by atoms with van der Waals surface area (Å²) >= 11 is 1.37. The third-order valence-corrected chi connectivity index (χ3v) is 6.67. The Labute approximate surface area is 133 Å². The maximum absolute atomic E-state index is 12.2. The Morgan fingerprint density at radius 3 is 2.52 bits per heavy atom. The van der Waals surface area contributed by atoms with Crippen LogP contribution < -0.4 is 10.0 Å². The van der Waals surface area contributed by atoms with Gasteiger partial charge in [-0.15, -0.1) is 11.3 Å². The average Bonchev–Trinajstić information content (AvgIpc) is 2.90. The Kier molecular flexibility index (Phi) is 7.87. The Hall–Kier alpha value is -0.430. The third kappa shape index (κ3) is 6.46. The zero-order valence-corrected chi connectivity index (χ0v) is 15.1. The van der Waals surface area contributed by atoms with Crippen molar-refractivity contribution in [2.45, 2.75) is 44.7 Å². The van der Waals surface area contributed by atoms with Crippen LogP contribution >= 0.6 is 11.3 Å². The van der Waals surface area contributed by atoms with Gasteiger partial charge in [0.25, 0.3) is 0 Å². The number of rotatable bonds is 10. The molecular weight excluding hydrogens is 304 g/mol. The van der Waals surface area contributed by atoms with E-state index in [-0.39, 0.29) is 0 Å². The van der Waals surface area contributed by atoms with Gasteiger partial charge < -0.3 is 5.32 Å². The van der Waals surface area contributed by atoms with Crippen molar-refractivity contribution in [1.82, 2.24) is 10.0 Å². The van der Waals surface area contributed by atoms with Crippen LogP contribution in [-0.4, -0.2) is 28.1 Å². The molecule has 6 heteroatoms. The Bertz CT molecular complexity index is 509. The first-order valence-corrected chi connectivity index (χ1v) is 9.96. The first-order chi connectivity index (χ1) is 9.86. The first kappa shape index (κ1) is 18.6. The van der Waals surface area contributed by atoms with Crippen LogP contribution in [0.3, 0.4) is 0 Å². The molecule has 1 heterocycles. The SMILES string of the molecule is CCCNCCc1ccc(S(=O)(=O)NCC(C)C(C)C)s1. The highest BCUT2D eigenvalue weighted by atomic mass is 32.2. The van der Waals surface area contributed by atoms with E-state index in [0.29, 0.717) is 22.6 Å². The predicted molar refractivity (Wildman–Crippen MR) is 90.4 cm³/mol. The normalized spacial score (nSPS) is 13.8. The molecule has 0 radical (unpaired) electrons. The van der Waals surface area contributed by atoms with Crippen LogP contribution in [0.15, 0.2) is 16.3 Å². The van der Waals surface area contributed by atoms with Crippen LogP contribution in [0.1, 0.15) is 39.0 Å². The van der Waals surface area contributed by atoms with Crippen LogP contribution in [0.5, 0.6) is 0 Å². The second-order valence-corrected chi connectivity index (χ2v) is 8.96. The molecule has 1 aromatic rings. The molecule has 21 heavy (non-hydrogen) atoms. The van der Waals surface area contributed by atoms with Crippen molar-refractivity contribution >= 4 is 21.4 Å². The summed E-state index contributed by atoms with van der Waals surface area (Å²) in [7, 11) is -3.36. The number of sulfonamides is 1. The Morgan fingerprint density at radius 1 is 1.19 bits per heavy atom. The standard InChI is InChI=1S/C15H28N2O2S2/c1-5-9-16-10-8-14-6-7-15(20-14)21(18,19)17-11-13(4)12(2)3/h6-7,12-13,16-17H,5,8-11H2,1-4H3. The minimum absolute atomic E-state index is 0.331. The molecule has 0 aliphatic carbocycles. The lowest BCUT2D eigenvalue weighted by molar-refractivity contribution is 0.415. The molecule has 1 atom stereocenters. The van der Waals surface area contributed by atoms with Gasteiger partial charge in [0, 0.05) is 11.4 Å². The maximum Gasteiger partial charge on any atom is 0.250 e. The molecule has 4 nitrogen and oxygen atoms in total. The third-order valence-electron chi connectivity index (χ3n) is 3.61. The molecule has 1 rings (SSSR count). The summed E-state index contributed by atoms with van der Waals surface area (Å²) in [6, 6.07) is 3.63. The van der Waals surface area contributed by atoms with Gasteiger partial charge in [-0.1, -0.05) is 27.7 Å². The van der Waals surface area contributed by atoms with Gasteiger partial charge in [0.05, 0.1) is 0 Å². The van der Waals surface area contributed by atoms with E-state index in [0.717, 1.165) is 30.8 Å². The summed E-state index contributed by atoms with van der Waals surface area (Å²) in [6.45, 7) is 10.8. The molecular formula is C15H28N2O2S2. The number of nitrogens with one attached hydrogen (secondary N) is 2. The van der Waals surface area contributed by atoms with Gasteiger partial charge in [0.2, 0.25) is 10.0 Å². The summed E-state index contributed by atoms with van der Waals surface area (Å²) in [5.74, 6) is 0.800. The lowest BCUT2D eigenvalue weighted by Crippen LogP contribution is -2.29. The van der Waals surface area contributed by atoms with Crippen molar-refractivity contribution in [3.63, 3.8) is 0 Å². The second-order valence-electron chi connectivity index (χ2n) is 5.79. The molecule has 122 valence electrons.